The van der Waals surface area contributed by atoms with Crippen molar-refractivity contribution in [1.82, 2.24) is 19.9 Å². The number of carbonyl (C=O) groups is 1. The Labute approximate surface area is 130 Å². The number of carbonyl (C=O) groups excluding carboxylic acids is 1. The Morgan fingerprint density at radius 2 is 2.27 bits per heavy atom. The van der Waals surface area contributed by atoms with Crippen molar-refractivity contribution in [2.75, 3.05) is 19.0 Å². The lowest BCUT2D eigenvalue weighted by Gasteiger charge is -2.24. The second kappa shape index (κ2) is 5.79. The molecule has 116 valence electrons. The standard InChI is InChI=1S/C16H21N5O/c1-11-9-21-10-13(4-5-14(21)18-11)19-16(22)12-6-7-17-15(8-12)20(2)3/h6-9,13H,4-5,10H2,1-3H3,(H,19,22)/t13-/m1/s1. The molecule has 1 atom stereocenters. The summed E-state index contributed by atoms with van der Waals surface area (Å²) in [5, 5.41) is 3.12. The van der Waals surface area contributed by atoms with Crippen LogP contribution in [-0.4, -0.2) is 40.6 Å². The van der Waals surface area contributed by atoms with Crippen molar-refractivity contribution in [1.29, 1.82) is 0 Å². The number of imidazole rings is 1. The molecule has 0 saturated carbocycles. The maximum atomic E-state index is 12.4. The quantitative estimate of drug-likeness (QED) is 0.930. The average molecular weight is 299 g/mol. The molecule has 0 aliphatic carbocycles. The van der Waals surface area contributed by atoms with Crippen LogP contribution in [0.3, 0.4) is 0 Å². The second-order valence-corrected chi connectivity index (χ2v) is 5.96. The molecule has 1 aliphatic rings. The summed E-state index contributed by atoms with van der Waals surface area (Å²) in [5.41, 5.74) is 1.68. The van der Waals surface area contributed by atoms with Crippen LogP contribution in [0.15, 0.2) is 24.5 Å². The van der Waals surface area contributed by atoms with Gasteiger partial charge in [0.2, 0.25) is 0 Å². The third kappa shape index (κ3) is 2.95. The minimum atomic E-state index is -0.0456. The molecule has 3 heterocycles. The van der Waals surface area contributed by atoms with Crippen LogP contribution in [0.2, 0.25) is 0 Å². The van der Waals surface area contributed by atoms with Gasteiger partial charge < -0.3 is 14.8 Å². The highest BCUT2D eigenvalue weighted by atomic mass is 16.1. The Hall–Kier alpha value is -2.37. The highest BCUT2D eigenvalue weighted by Crippen LogP contribution is 2.16. The number of hydrogen-bond acceptors (Lipinski definition) is 4. The normalized spacial score (nSPS) is 17.0. The number of nitrogens with zero attached hydrogens (tertiary/aromatic N) is 4. The molecule has 1 amide bonds. The van der Waals surface area contributed by atoms with Gasteiger partial charge in [-0.05, 0) is 25.5 Å². The van der Waals surface area contributed by atoms with E-state index in [2.05, 4.69) is 19.9 Å². The molecule has 0 radical (unpaired) electrons. The Kier molecular flexibility index (Phi) is 3.83. The molecule has 0 saturated heterocycles. The van der Waals surface area contributed by atoms with Gasteiger partial charge in [0.05, 0.1) is 5.69 Å². The smallest absolute Gasteiger partial charge is 0.251 e. The molecule has 22 heavy (non-hydrogen) atoms. The molecular formula is C16H21N5O. The van der Waals surface area contributed by atoms with E-state index in [1.165, 1.54) is 0 Å². The van der Waals surface area contributed by atoms with E-state index in [1.54, 1.807) is 12.3 Å². The molecule has 1 N–H and O–H groups in total. The topological polar surface area (TPSA) is 63.1 Å². The summed E-state index contributed by atoms with van der Waals surface area (Å²) >= 11 is 0. The van der Waals surface area contributed by atoms with Crippen molar-refractivity contribution < 1.29 is 4.79 Å². The first-order valence-corrected chi connectivity index (χ1v) is 7.50. The average Bonchev–Trinajstić information content (AvgIpc) is 2.86. The van der Waals surface area contributed by atoms with Gasteiger partial charge in [-0.15, -0.1) is 0 Å². The van der Waals surface area contributed by atoms with Gasteiger partial charge in [-0.2, -0.15) is 0 Å². The predicted octanol–water partition coefficient (Wildman–Crippen LogP) is 1.40. The minimum Gasteiger partial charge on any atom is -0.363 e. The van der Waals surface area contributed by atoms with Crippen LogP contribution in [0.1, 0.15) is 28.3 Å². The predicted molar refractivity (Wildman–Crippen MR) is 85.1 cm³/mol. The van der Waals surface area contributed by atoms with Gasteiger partial charge in [0.25, 0.3) is 5.91 Å². The summed E-state index contributed by atoms with van der Waals surface area (Å²) in [7, 11) is 3.82. The van der Waals surface area contributed by atoms with E-state index in [0.29, 0.717) is 5.56 Å². The molecule has 6 heteroatoms. The molecule has 0 aromatic carbocycles. The van der Waals surface area contributed by atoms with Crippen LogP contribution in [0.4, 0.5) is 5.82 Å². The molecule has 0 bridgehead atoms. The Morgan fingerprint density at radius 3 is 3.05 bits per heavy atom. The third-order valence-electron chi connectivity index (χ3n) is 3.91. The number of pyridine rings is 1. The van der Waals surface area contributed by atoms with Crippen molar-refractivity contribution in [3.63, 3.8) is 0 Å². The zero-order chi connectivity index (χ0) is 15.7. The summed E-state index contributed by atoms with van der Waals surface area (Å²) in [6.07, 6.45) is 5.54. The zero-order valence-electron chi connectivity index (χ0n) is 13.2. The van der Waals surface area contributed by atoms with E-state index in [4.69, 9.17) is 0 Å². The monoisotopic (exact) mass is 299 g/mol. The Bertz CT molecular complexity index is 692. The third-order valence-corrected chi connectivity index (χ3v) is 3.91. The van der Waals surface area contributed by atoms with Crippen LogP contribution in [0, 0.1) is 6.92 Å². The molecule has 0 fully saturated rings. The van der Waals surface area contributed by atoms with Crippen molar-refractivity contribution >= 4 is 11.7 Å². The van der Waals surface area contributed by atoms with Gasteiger partial charge >= 0.3 is 0 Å². The number of aryl methyl sites for hydroxylation is 2. The first kappa shape index (κ1) is 14.6. The number of hydrogen-bond donors (Lipinski definition) is 1. The van der Waals surface area contributed by atoms with E-state index >= 15 is 0 Å². The zero-order valence-corrected chi connectivity index (χ0v) is 13.2. The first-order chi connectivity index (χ1) is 10.5. The van der Waals surface area contributed by atoms with E-state index < -0.39 is 0 Å². The highest BCUT2D eigenvalue weighted by Gasteiger charge is 2.21. The molecule has 3 rings (SSSR count). The largest absolute Gasteiger partial charge is 0.363 e. The molecule has 2 aromatic rings. The van der Waals surface area contributed by atoms with Gasteiger partial charge in [-0.25, -0.2) is 9.97 Å². The van der Waals surface area contributed by atoms with Gasteiger partial charge in [0.15, 0.2) is 0 Å². The summed E-state index contributed by atoms with van der Waals surface area (Å²) in [5.74, 6) is 1.85. The molecule has 6 nitrogen and oxygen atoms in total. The van der Waals surface area contributed by atoms with Crippen molar-refractivity contribution in [3.05, 3.63) is 41.6 Å². The van der Waals surface area contributed by atoms with Crippen molar-refractivity contribution in [2.45, 2.75) is 32.4 Å². The van der Waals surface area contributed by atoms with Crippen LogP contribution < -0.4 is 10.2 Å². The minimum absolute atomic E-state index is 0.0456. The van der Waals surface area contributed by atoms with E-state index in [9.17, 15) is 4.79 Å². The summed E-state index contributed by atoms with van der Waals surface area (Å²) in [6.45, 7) is 2.78. The SMILES string of the molecule is Cc1cn2c(n1)CC[C@@H](NC(=O)c1ccnc(N(C)C)c1)C2. The maximum Gasteiger partial charge on any atom is 0.251 e. The van der Waals surface area contributed by atoms with E-state index in [0.717, 1.165) is 36.7 Å². The molecule has 2 aromatic heterocycles. The van der Waals surface area contributed by atoms with Crippen LogP contribution in [0.5, 0.6) is 0 Å². The Balaban J connectivity index is 1.69. The summed E-state index contributed by atoms with van der Waals surface area (Å²) < 4.78 is 2.14. The number of anilines is 1. The molecule has 1 aliphatic heterocycles. The molecule has 0 unspecified atom stereocenters. The van der Waals surface area contributed by atoms with Gasteiger partial charge in [0, 0.05) is 51.1 Å². The van der Waals surface area contributed by atoms with Crippen molar-refractivity contribution in [3.8, 4) is 0 Å². The lowest BCUT2D eigenvalue weighted by molar-refractivity contribution is 0.0927. The van der Waals surface area contributed by atoms with Gasteiger partial charge in [0.1, 0.15) is 11.6 Å². The fourth-order valence-corrected chi connectivity index (χ4v) is 2.78. The second-order valence-electron chi connectivity index (χ2n) is 5.96. The molecule has 0 spiro atoms. The summed E-state index contributed by atoms with van der Waals surface area (Å²) in [6, 6.07) is 3.70. The fourth-order valence-electron chi connectivity index (χ4n) is 2.78. The molecular weight excluding hydrogens is 278 g/mol. The van der Waals surface area contributed by atoms with E-state index in [-0.39, 0.29) is 11.9 Å². The number of amides is 1. The first-order valence-electron chi connectivity index (χ1n) is 7.50. The number of nitrogens with one attached hydrogen (secondary N) is 1. The van der Waals surface area contributed by atoms with Gasteiger partial charge in [-0.1, -0.05) is 0 Å². The van der Waals surface area contributed by atoms with Crippen molar-refractivity contribution in [2.24, 2.45) is 0 Å². The number of fused-ring (bicyclic) bond motifs is 1. The lowest BCUT2D eigenvalue weighted by Crippen LogP contribution is -2.40. The maximum absolute atomic E-state index is 12.4. The van der Waals surface area contributed by atoms with Crippen LogP contribution in [0.25, 0.3) is 0 Å². The summed E-state index contributed by atoms with van der Waals surface area (Å²) in [4.78, 5) is 23.0. The van der Waals surface area contributed by atoms with Crippen LogP contribution >= 0.6 is 0 Å². The van der Waals surface area contributed by atoms with Crippen LogP contribution in [-0.2, 0) is 13.0 Å². The Morgan fingerprint density at radius 1 is 1.45 bits per heavy atom. The number of aromatic nitrogens is 3. The highest BCUT2D eigenvalue weighted by molar-refractivity contribution is 5.95. The van der Waals surface area contributed by atoms with Gasteiger partial charge in [-0.3, -0.25) is 4.79 Å². The lowest BCUT2D eigenvalue weighted by atomic mass is 10.1. The number of rotatable bonds is 3. The van der Waals surface area contributed by atoms with E-state index in [1.807, 2.05) is 38.2 Å². The fraction of sp³-hybridized carbons (Fsp3) is 0.438.